The monoisotopic (exact) mass is 402 g/mol. The average molecular weight is 402 g/mol. The summed E-state index contributed by atoms with van der Waals surface area (Å²) < 4.78 is 19.0. The van der Waals surface area contributed by atoms with E-state index in [1.54, 1.807) is 34.9 Å². The first-order valence-electron chi connectivity index (χ1n) is 9.38. The number of piperazine rings is 1. The summed E-state index contributed by atoms with van der Waals surface area (Å²) in [4.78, 5) is 43.6. The van der Waals surface area contributed by atoms with Crippen molar-refractivity contribution in [2.24, 2.45) is 0 Å². The number of rotatable bonds is 5. The van der Waals surface area contributed by atoms with Gasteiger partial charge in [0.2, 0.25) is 17.7 Å². The van der Waals surface area contributed by atoms with E-state index in [1.807, 2.05) is 0 Å². The van der Waals surface area contributed by atoms with Gasteiger partial charge >= 0.3 is 0 Å². The Balaban J connectivity index is 1.56. The van der Waals surface area contributed by atoms with E-state index in [0.717, 1.165) is 0 Å². The van der Waals surface area contributed by atoms with E-state index < -0.39 is 11.9 Å². The molecule has 1 N–H and O–H groups in total. The second-order valence-corrected chi connectivity index (χ2v) is 6.93. The predicted molar refractivity (Wildman–Crippen MR) is 101 cm³/mol. The number of carbonyl (C=O) groups excluding carboxylic acids is 3. The van der Waals surface area contributed by atoms with Gasteiger partial charge in [-0.05, 0) is 18.6 Å². The average Bonchev–Trinajstić information content (AvgIpc) is 3.19. The number of halogens is 1. The number of benzene rings is 1. The molecule has 0 radical (unpaired) electrons. The SMILES string of the molecule is CC(=O)N1CCN(C(=O)c2coc([C@H](C)NC(=O)Cc3ccccc3F)n2)CC1. The number of carbonyl (C=O) groups is 3. The maximum Gasteiger partial charge on any atom is 0.275 e. The standard InChI is InChI=1S/C20H23FN4O4/c1-13(22-18(27)11-15-5-3-4-6-16(15)21)19-23-17(12-29-19)20(28)25-9-7-24(8-10-25)14(2)26/h3-6,12-13H,7-11H2,1-2H3,(H,22,27)/t13-/m0/s1. The molecule has 3 amide bonds. The normalized spacial score (nSPS) is 15.1. The van der Waals surface area contributed by atoms with Crippen LogP contribution in [0.4, 0.5) is 4.39 Å². The van der Waals surface area contributed by atoms with Gasteiger partial charge in [0.25, 0.3) is 5.91 Å². The zero-order valence-corrected chi connectivity index (χ0v) is 16.4. The first kappa shape index (κ1) is 20.5. The second-order valence-electron chi connectivity index (χ2n) is 6.93. The highest BCUT2D eigenvalue weighted by molar-refractivity contribution is 5.92. The number of aromatic nitrogens is 1. The van der Waals surface area contributed by atoms with E-state index in [2.05, 4.69) is 10.3 Å². The molecular weight excluding hydrogens is 379 g/mol. The molecule has 0 bridgehead atoms. The minimum Gasteiger partial charge on any atom is -0.446 e. The minimum atomic E-state index is -0.578. The molecule has 1 atom stereocenters. The number of nitrogens with one attached hydrogen (secondary N) is 1. The molecule has 0 spiro atoms. The highest BCUT2D eigenvalue weighted by Crippen LogP contribution is 2.15. The van der Waals surface area contributed by atoms with Gasteiger partial charge in [0.05, 0.1) is 6.42 Å². The second kappa shape index (κ2) is 8.85. The summed E-state index contributed by atoms with van der Waals surface area (Å²) in [5, 5.41) is 2.69. The molecule has 0 unspecified atom stereocenters. The van der Waals surface area contributed by atoms with Crippen molar-refractivity contribution in [1.82, 2.24) is 20.1 Å². The molecule has 9 heteroatoms. The van der Waals surface area contributed by atoms with E-state index in [4.69, 9.17) is 4.42 Å². The van der Waals surface area contributed by atoms with Crippen molar-refractivity contribution < 1.29 is 23.2 Å². The van der Waals surface area contributed by atoms with E-state index in [9.17, 15) is 18.8 Å². The zero-order chi connectivity index (χ0) is 21.0. The Morgan fingerprint density at radius 2 is 1.83 bits per heavy atom. The fourth-order valence-electron chi connectivity index (χ4n) is 3.14. The van der Waals surface area contributed by atoms with Crippen molar-refractivity contribution in [2.75, 3.05) is 26.2 Å². The fourth-order valence-corrected chi connectivity index (χ4v) is 3.14. The third-order valence-electron chi connectivity index (χ3n) is 4.81. The molecule has 0 saturated carbocycles. The van der Waals surface area contributed by atoms with Crippen LogP contribution in [0.25, 0.3) is 0 Å². The number of hydrogen-bond donors (Lipinski definition) is 1. The van der Waals surface area contributed by atoms with Crippen LogP contribution in [0.5, 0.6) is 0 Å². The van der Waals surface area contributed by atoms with E-state index in [0.29, 0.717) is 31.7 Å². The molecule has 154 valence electrons. The lowest BCUT2D eigenvalue weighted by atomic mass is 10.1. The van der Waals surface area contributed by atoms with E-state index in [-0.39, 0.29) is 35.7 Å². The number of oxazole rings is 1. The van der Waals surface area contributed by atoms with Crippen LogP contribution in [0, 0.1) is 5.82 Å². The summed E-state index contributed by atoms with van der Waals surface area (Å²) in [5.41, 5.74) is 0.441. The summed E-state index contributed by atoms with van der Waals surface area (Å²) in [6.07, 6.45) is 1.15. The maximum atomic E-state index is 13.7. The molecule has 1 aliphatic heterocycles. The Morgan fingerprint density at radius 3 is 2.48 bits per heavy atom. The Morgan fingerprint density at radius 1 is 1.17 bits per heavy atom. The van der Waals surface area contributed by atoms with Gasteiger partial charge in [-0.1, -0.05) is 18.2 Å². The third-order valence-corrected chi connectivity index (χ3v) is 4.81. The lowest BCUT2D eigenvalue weighted by Gasteiger charge is -2.33. The largest absolute Gasteiger partial charge is 0.446 e. The topological polar surface area (TPSA) is 95.8 Å². The van der Waals surface area contributed by atoms with Gasteiger partial charge in [-0.3, -0.25) is 14.4 Å². The van der Waals surface area contributed by atoms with Gasteiger partial charge in [0.1, 0.15) is 18.1 Å². The molecule has 2 heterocycles. The third kappa shape index (κ3) is 4.98. The summed E-state index contributed by atoms with van der Waals surface area (Å²) in [6.45, 7) is 4.99. The van der Waals surface area contributed by atoms with Gasteiger partial charge in [-0.15, -0.1) is 0 Å². The molecule has 0 aliphatic carbocycles. The van der Waals surface area contributed by atoms with Crippen LogP contribution in [0.3, 0.4) is 0 Å². The molecule has 29 heavy (non-hydrogen) atoms. The van der Waals surface area contributed by atoms with Crippen molar-refractivity contribution in [3.8, 4) is 0 Å². The quantitative estimate of drug-likeness (QED) is 0.819. The van der Waals surface area contributed by atoms with Crippen molar-refractivity contribution in [2.45, 2.75) is 26.3 Å². The number of hydrogen-bond acceptors (Lipinski definition) is 5. The summed E-state index contributed by atoms with van der Waals surface area (Å²) >= 11 is 0. The Bertz CT molecular complexity index is 905. The van der Waals surface area contributed by atoms with Crippen LogP contribution in [0.15, 0.2) is 34.9 Å². The predicted octanol–water partition coefficient (Wildman–Crippen LogP) is 1.54. The van der Waals surface area contributed by atoms with Crippen LogP contribution in [0.2, 0.25) is 0 Å². The molecule has 1 fully saturated rings. The Labute approximate surface area is 167 Å². The van der Waals surface area contributed by atoms with E-state index >= 15 is 0 Å². The molecule has 1 aromatic carbocycles. The van der Waals surface area contributed by atoms with Crippen LogP contribution in [0.1, 0.15) is 41.8 Å². The van der Waals surface area contributed by atoms with Crippen molar-refractivity contribution in [1.29, 1.82) is 0 Å². The van der Waals surface area contributed by atoms with Gasteiger partial charge in [-0.25, -0.2) is 9.37 Å². The van der Waals surface area contributed by atoms with Gasteiger partial charge in [-0.2, -0.15) is 0 Å². The van der Waals surface area contributed by atoms with Crippen LogP contribution >= 0.6 is 0 Å². The summed E-state index contributed by atoms with van der Waals surface area (Å²) in [6, 6.07) is 5.49. The Kier molecular flexibility index (Phi) is 6.26. The smallest absolute Gasteiger partial charge is 0.275 e. The highest BCUT2D eigenvalue weighted by Gasteiger charge is 2.26. The highest BCUT2D eigenvalue weighted by atomic mass is 19.1. The lowest BCUT2D eigenvalue weighted by Crippen LogP contribution is -2.50. The lowest BCUT2D eigenvalue weighted by molar-refractivity contribution is -0.130. The van der Waals surface area contributed by atoms with Gasteiger partial charge in [0.15, 0.2) is 5.69 Å². The number of amides is 3. The van der Waals surface area contributed by atoms with Crippen LogP contribution in [-0.4, -0.2) is 58.7 Å². The molecular formula is C20H23FN4O4. The van der Waals surface area contributed by atoms with E-state index in [1.165, 1.54) is 19.3 Å². The fraction of sp³-hybridized carbons (Fsp3) is 0.400. The molecule has 1 aliphatic rings. The zero-order valence-electron chi connectivity index (χ0n) is 16.4. The van der Waals surface area contributed by atoms with Crippen LogP contribution < -0.4 is 5.32 Å². The first-order valence-corrected chi connectivity index (χ1v) is 9.38. The van der Waals surface area contributed by atoms with Gasteiger partial charge < -0.3 is 19.5 Å². The first-order chi connectivity index (χ1) is 13.8. The molecule has 1 saturated heterocycles. The van der Waals surface area contributed by atoms with Crippen molar-refractivity contribution in [3.05, 3.63) is 53.5 Å². The molecule has 2 aromatic rings. The van der Waals surface area contributed by atoms with Crippen LogP contribution in [-0.2, 0) is 16.0 Å². The summed E-state index contributed by atoms with van der Waals surface area (Å²) in [7, 11) is 0. The summed E-state index contributed by atoms with van der Waals surface area (Å²) in [5.74, 6) is -0.926. The molecule has 8 nitrogen and oxygen atoms in total. The Hall–Kier alpha value is -3.23. The van der Waals surface area contributed by atoms with Crippen molar-refractivity contribution >= 4 is 17.7 Å². The molecule has 3 rings (SSSR count). The van der Waals surface area contributed by atoms with Crippen molar-refractivity contribution in [3.63, 3.8) is 0 Å². The molecule has 1 aromatic heterocycles. The number of nitrogens with zero attached hydrogens (tertiary/aromatic N) is 3. The van der Waals surface area contributed by atoms with Gasteiger partial charge in [0, 0.05) is 33.1 Å². The minimum absolute atomic E-state index is 0.0132. The maximum absolute atomic E-state index is 13.7.